The van der Waals surface area contributed by atoms with E-state index in [2.05, 4.69) is 9.88 Å². The van der Waals surface area contributed by atoms with E-state index in [9.17, 15) is 18.0 Å². The number of thiazole rings is 1. The summed E-state index contributed by atoms with van der Waals surface area (Å²) in [7, 11) is 0. The molecule has 1 N–H and O–H groups in total. The predicted molar refractivity (Wildman–Crippen MR) is 135 cm³/mol. The summed E-state index contributed by atoms with van der Waals surface area (Å²) in [4.78, 5) is 18.9. The SMILES string of the molecule is Cc1nc2c(s1)CN(Cc1c(C(F)(F)F)ccc3c1CCC3Oc1ccc3c(c1)OCC3CC(=O)O)CC2. The number of fused-ring (bicyclic) bond motifs is 3. The van der Waals surface area contributed by atoms with Gasteiger partial charge >= 0.3 is 12.1 Å². The van der Waals surface area contributed by atoms with E-state index in [-0.39, 0.29) is 25.0 Å². The number of carboxylic acids is 1. The lowest BCUT2D eigenvalue weighted by Gasteiger charge is -2.28. The lowest BCUT2D eigenvalue weighted by atomic mass is 9.95. The van der Waals surface area contributed by atoms with Crippen LogP contribution in [0.15, 0.2) is 30.3 Å². The molecule has 3 aliphatic rings. The van der Waals surface area contributed by atoms with Crippen LogP contribution in [0.2, 0.25) is 0 Å². The summed E-state index contributed by atoms with van der Waals surface area (Å²) in [5.74, 6) is 0.0772. The van der Waals surface area contributed by atoms with Crippen LogP contribution in [0.5, 0.6) is 11.5 Å². The predicted octanol–water partition coefficient (Wildman–Crippen LogP) is 6.05. The molecule has 6 rings (SSSR count). The third kappa shape index (κ3) is 4.75. The van der Waals surface area contributed by atoms with E-state index in [0.29, 0.717) is 49.6 Å². The summed E-state index contributed by atoms with van der Waals surface area (Å²) in [6, 6.07) is 8.12. The summed E-state index contributed by atoms with van der Waals surface area (Å²) < 4.78 is 54.2. The molecule has 2 aliphatic heterocycles. The van der Waals surface area contributed by atoms with Crippen LogP contribution in [0, 0.1) is 6.92 Å². The lowest BCUT2D eigenvalue weighted by molar-refractivity contribution is -0.139. The third-order valence-electron chi connectivity index (χ3n) is 7.64. The van der Waals surface area contributed by atoms with Crippen LogP contribution < -0.4 is 9.47 Å². The van der Waals surface area contributed by atoms with Gasteiger partial charge in [0, 0.05) is 48.5 Å². The van der Waals surface area contributed by atoms with Crippen molar-refractivity contribution in [1.82, 2.24) is 9.88 Å². The zero-order valence-electron chi connectivity index (χ0n) is 20.8. The molecule has 0 spiro atoms. The topological polar surface area (TPSA) is 71.9 Å². The minimum absolute atomic E-state index is 0.00550. The molecule has 3 heterocycles. The van der Waals surface area contributed by atoms with Crippen molar-refractivity contribution in [3.05, 3.63) is 73.7 Å². The second-order valence-electron chi connectivity index (χ2n) is 10.2. The average Bonchev–Trinajstić information content (AvgIpc) is 3.54. The van der Waals surface area contributed by atoms with Crippen LogP contribution in [0.25, 0.3) is 0 Å². The van der Waals surface area contributed by atoms with Gasteiger partial charge in [-0.15, -0.1) is 11.3 Å². The Labute approximate surface area is 222 Å². The van der Waals surface area contributed by atoms with E-state index < -0.39 is 17.7 Å². The molecule has 1 aromatic heterocycles. The molecule has 1 aliphatic carbocycles. The molecule has 2 atom stereocenters. The number of alkyl halides is 3. The van der Waals surface area contributed by atoms with E-state index in [1.54, 1.807) is 29.5 Å². The van der Waals surface area contributed by atoms with Crippen molar-refractivity contribution in [3.8, 4) is 11.5 Å². The van der Waals surface area contributed by atoms with E-state index in [0.717, 1.165) is 38.7 Å². The summed E-state index contributed by atoms with van der Waals surface area (Å²) in [5.41, 5.74) is 3.21. The van der Waals surface area contributed by atoms with Gasteiger partial charge in [-0.1, -0.05) is 12.1 Å². The zero-order valence-corrected chi connectivity index (χ0v) is 21.6. The molecule has 0 amide bonds. The molecule has 6 nitrogen and oxygen atoms in total. The van der Waals surface area contributed by atoms with Crippen LogP contribution in [0.3, 0.4) is 0 Å². The monoisotopic (exact) mass is 544 g/mol. The highest BCUT2D eigenvalue weighted by molar-refractivity contribution is 7.11. The number of carboxylic acid groups (broad SMARTS) is 1. The van der Waals surface area contributed by atoms with Crippen molar-refractivity contribution < 1.29 is 32.5 Å². The Balaban J connectivity index is 1.25. The minimum Gasteiger partial charge on any atom is -0.492 e. The van der Waals surface area contributed by atoms with Crippen LogP contribution in [0.4, 0.5) is 13.2 Å². The number of halogens is 3. The van der Waals surface area contributed by atoms with E-state index in [4.69, 9.17) is 14.6 Å². The van der Waals surface area contributed by atoms with Crippen molar-refractivity contribution in [2.24, 2.45) is 0 Å². The van der Waals surface area contributed by atoms with Gasteiger partial charge in [-0.3, -0.25) is 9.69 Å². The molecule has 0 radical (unpaired) electrons. The summed E-state index contributed by atoms with van der Waals surface area (Å²) >= 11 is 1.62. The molecule has 0 saturated carbocycles. The number of rotatable bonds is 6. The Morgan fingerprint density at radius 3 is 2.84 bits per heavy atom. The van der Waals surface area contributed by atoms with E-state index in [1.807, 2.05) is 13.0 Å². The van der Waals surface area contributed by atoms with Gasteiger partial charge in [-0.25, -0.2) is 4.98 Å². The van der Waals surface area contributed by atoms with Crippen LogP contribution in [-0.4, -0.2) is 34.1 Å². The highest BCUT2D eigenvalue weighted by Gasteiger charge is 2.38. The Morgan fingerprint density at radius 1 is 1.24 bits per heavy atom. The highest BCUT2D eigenvalue weighted by Crippen LogP contribution is 2.44. The largest absolute Gasteiger partial charge is 0.492 e. The first-order valence-corrected chi connectivity index (χ1v) is 13.5. The number of nitrogens with zero attached hydrogens (tertiary/aromatic N) is 2. The van der Waals surface area contributed by atoms with Gasteiger partial charge in [0.05, 0.1) is 29.3 Å². The Morgan fingerprint density at radius 2 is 2.05 bits per heavy atom. The molecule has 0 bridgehead atoms. The maximum Gasteiger partial charge on any atom is 0.416 e. The van der Waals surface area contributed by atoms with Gasteiger partial charge in [0.25, 0.3) is 0 Å². The maximum atomic E-state index is 14.1. The van der Waals surface area contributed by atoms with Gasteiger partial charge in [-0.05, 0) is 48.6 Å². The molecule has 38 heavy (non-hydrogen) atoms. The summed E-state index contributed by atoms with van der Waals surface area (Å²) in [5, 5.41) is 10.1. The first kappa shape index (κ1) is 25.2. The first-order chi connectivity index (χ1) is 18.2. The fourth-order valence-electron chi connectivity index (χ4n) is 5.92. The molecular formula is C28H27F3N2O4S. The van der Waals surface area contributed by atoms with Crippen molar-refractivity contribution in [2.45, 2.75) is 63.9 Å². The molecule has 200 valence electrons. The average molecular weight is 545 g/mol. The summed E-state index contributed by atoms with van der Waals surface area (Å²) in [6.07, 6.45) is -2.96. The van der Waals surface area contributed by atoms with Gasteiger partial charge < -0.3 is 14.6 Å². The van der Waals surface area contributed by atoms with Crippen LogP contribution >= 0.6 is 11.3 Å². The summed E-state index contributed by atoms with van der Waals surface area (Å²) in [6.45, 7) is 3.79. The maximum absolute atomic E-state index is 14.1. The third-order valence-corrected chi connectivity index (χ3v) is 8.64. The number of ether oxygens (including phenoxy) is 2. The van der Waals surface area contributed by atoms with Crippen molar-refractivity contribution >= 4 is 17.3 Å². The van der Waals surface area contributed by atoms with Crippen molar-refractivity contribution in [3.63, 3.8) is 0 Å². The van der Waals surface area contributed by atoms with Gasteiger partial charge in [-0.2, -0.15) is 13.2 Å². The fraction of sp³-hybridized carbons (Fsp3) is 0.429. The Bertz CT molecular complexity index is 1400. The molecular weight excluding hydrogens is 517 g/mol. The number of carbonyl (C=O) groups is 1. The number of aromatic nitrogens is 1. The van der Waals surface area contributed by atoms with Crippen molar-refractivity contribution in [1.29, 1.82) is 0 Å². The highest BCUT2D eigenvalue weighted by atomic mass is 32.1. The van der Waals surface area contributed by atoms with Crippen molar-refractivity contribution in [2.75, 3.05) is 13.2 Å². The minimum atomic E-state index is -4.44. The quantitative estimate of drug-likeness (QED) is 0.408. The smallest absolute Gasteiger partial charge is 0.416 e. The molecule has 2 unspecified atom stereocenters. The van der Waals surface area contributed by atoms with E-state index in [1.165, 1.54) is 6.07 Å². The number of aliphatic carboxylic acids is 1. The normalized spacial score (nSPS) is 20.5. The fourth-order valence-corrected chi connectivity index (χ4v) is 6.94. The zero-order chi connectivity index (χ0) is 26.6. The van der Waals surface area contributed by atoms with Crippen LogP contribution in [0.1, 0.15) is 68.3 Å². The molecule has 10 heteroatoms. The van der Waals surface area contributed by atoms with Gasteiger partial charge in [0.15, 0.2) is 0 Å². The lowest BCUT2D eigenvalue weighted by Crippen LogP contribution is -2.31. The molecule has 0 fully saturated rings. The Kier molecular flexibility index (Phi) is 6.34. The first-order valence-electron chi connectivity index (χ1n) is 12.7. The molecule has 2 aromatic carbocycles. The standard InChI is InChI=1S/C28H27F3N2O4S/c1-15-32-23-8-9-33(13-26(23)38-15)12-21-19-5-7-24(20(19)4-6-22(21)28(29,30)31)37-17-2-3-18-16(10-27(34)35)14-36-25(18)11-17/h2-4,6,11,16,24H,5,7-10,12-14H2,1H3,(H,34,35). The van der Waals surface area contributed by atoms with Gasteiger partial charge in [0.1, 0.15) is 17.6 Å². The molecule has 3 aromatic rings. The second-order valence-corrected chi connectivity index (χ2v) is 11.5. The number of hydrogen-bond acceptors (Lipinski definition) is 6. The van der Waals surface area contributed by atoms with E-state index >= 15 is 0 Å². The van der Waals surface area contributed by atoms with Crippen LogP contribution in [-0.2, 0) is 36.9 Å². The molecule has 0 saturated heterocycles. The number of benzene rings is 2. The number of hydrogen-bond donors (Lipinski definition) is 1. The van der Waals surface area contributed by atoms with Gasteiger partial charge in [0.2, 0.25) is 0 Å². The second kappa shape index (κ2) is 9.57. The number of aryl methyl sites for hydroxylation is 1. The Hall–Kier alpha value is -3.11.